The third kappa shape index (κ3) is 3.41. The standard InChI is InChI=1S/C13H22N4/c1-11-9-16(2)6-3-7-17(11)10-13-8-12(14)4-5-15-13/h4-5,8,11H,3,6-7,9-10H2,1-2H3,(H2,14,15). The molecule has 0 saturated carbocycles. The number of nitrogen functional groups attached to an aromatic ring is 1. The van der Waals surface area contributed by atoms with Gasteiger partial charge in [0.2, 0.25) is 0 Å². The lowest BCUT2D eigenvalue weighted by atomic mass is 10.2. The molecule has 0 aromatic carbocycles. The third-order valence-corrected chi connectivity index (χ3v) is 3.39. The highest BCUT2D eigenvalue weighted by Gasteiger charge is 2.19. The first kappa shape index (κ1) is 12.3. The molecule has 17 heavy (non-hydrogen) atoms. The molecule has 94 valence electrons. The van der Waals surface area contributed by atoms with E-state index < -0.39 is 0 Å². The highest BCUT2D eigenvalue weighted by atomic mass is 15.2. The highest BCUT2D eigenvalue weighted by Crippen LogP contribution is 2.13. The topological polar surface area (TPSA) is 45.4 Å². The summed E-state index contributed by atoms with van der Waals surface area (Å²) in [6.07, 6.45) is 3.02. The van der Waals surface area contributed by atoms with E-state index >= 15 is 0 Å². The van der Waals surface area contributed by atoms with Gasteiger partial charge in [0.15, 0.2) is 0 Å². The van der Waals surface area contributed by atoms with E-state index in [1.807, 2.05) is 12.1 Å². The van der Waals surface area contributed by atoms with Crippen molar-refractivity contribution in [3.8, 4) is 0 Å². The largest absolute Gasteiger partial charge is 0.399 e. The minimum Gasteiger partial charge on any atom is -0.399 e. The molecule has 2 heterocycles. The molecular weight excluding hydrogens is 212 g/mol. The molecule has 1 aliphatic heterocycles. The Morgan fingerprint density at radius 3 is 3.06 bits per heavy atom. The molecule has 1 saturated heterocycles. The number of rotatable bonds is 2. The zero-order valence-electron chi connectivity index (χ0n) is 10.8. The smallest absolute Gasteiger partial charge is 0.0564 e. The van der Waals surface area contributed by atoms with Crippen LogP contribution < -0.4 is 5.73 Å². The number of aromatic nitrogens is 1. The second-order valence-electron chi connectivity index (χ2n) is 5.02. The van der Waals surface area contributed by atoms with Crippen molar-refractivity contribution in [1.29, 1.82) is 0 Å². The molecule has 1 atom stereocenters. The zero-order chi connectivity index (χ0) is 12.3. The van der Waals surface area contributed by atoms with Crippen LogP contribution in [0.4, 0.5) is 5.69 Å². The van der Waals surface area contributed by atoms with E-state index in [0.717, 1.165) is 31.0 Å². The number of nitrogens with zero attached hydrogens (tertiary/aromatic N) is 3. The minimum absolute atomic E-state index is 0.575. The van der Waals surface area contributed by atoms with Crippen LogP contribution in [0.25, 0.3) is 0 Å². The zero-order valence-corrected chi connectivity index (χ0v) is 10.8. The molecule has 1 aromatic rings. The van der Waals surface area contributed by atoms with Gasteiger partial charge in [-0.2, -0.15) is 0 Å². The fourth-order valence-corrected chi connectivity index (χ4v) is 2.45. The highest BCUT2D eigenvalue weighted by molar-refractivity contribution is 5.37. The molecule has 1 aliphatic rings. The summed E-state index contributed by atoms with van der Waals surface area (Å²) in [7, 11) is 2.19. The monoisotopic (exact) mass is 234 g/mol. The van der Waals surface area contributed by atoms with E-state index in [1.54, 1.807) is 6.20 Å². The van der Waals surface area contributed by atoms with Crippen LogP contribution in [0.15, 0.2) is 18.3 Å². The quantitative estimate of drug-likeness (QED) is 0.835. The first-order valence-corrected chi connectivity index (χ1v) is 6.28. The second-order valence-corrected chi connectivity index (χ2v) is 5.02. The Bertz CT molecular complexity index is 366. The first-order valence-electron chi connectivity index (χ1n) is 6.28. The van der Waals surface area contributed by atoms with E-state index in [2.05, 4.69) is 28.8 Å². The van der Waals surface area contributed by atoms with E-state index in [1.165, 1.54) is 13.0 Å². The third-order valence-electron chi connectivity index (χ3n) is 3.39. The summed E-state index contributed by atoms with van der Waals surface area (Å²) in [5.74, 6) is 0. The van der Waals surface area contributed by atoms with E-state index in [-0.39, 0.29) is 0 Å². The first-order chi connectivity index (χ1) is 8.15. The second kappa shape index (κ2) is 5.47. The summed E-state index contributed by atoms with van der Waals surface area (Å²) in [5.41, 5.74) is 7.66. The number of nitrogens with two attached hydrogens (primary N) is 1. The van der Waals surface area contributed by atoms with Crippen molar-refractivity contribution < 1.29 is 0 Å². The average Bonchev–Trinajstić information content (AvgIpc) is 2.41. The molecule has 1 fully saturated rings. The number of hydrogen-bond donors (Lipinski definition) is 1. The predicted octanol–water partition coefficient (Wildman–Crippen LogP) is 1.19. The summed E-state index contributed by atoms with van der Waals surface area (Å²) in [6, 6.07) is 4.38. The summed E-state index contributed by atoms with van der Waals surface area (Å²) in [6.45, 7) is 6.64. The minimum atomic E-state index is 0.575. The fourth-order valence-electron chi connectivity index (χ4n) is 2.45. The summed E-state index contributed by atoms with van der Waals surface area (Å²) >= 11 is 0. The molecule has 0 amide bonds. The lowest BCUT2D eigenvalue weighted by Crippen LogP contribution is -2.37. The van der Waals surface area contributed by atoms with Crippen LogP contribution >= 0.6 is 0 Å². The van der Waals surface area contributed by atoms with Gasteiger partial charge in [-0.15, -0.1) is 0 Å². The molecule has 4 nitrogen and oxygen atoms in total. The average molecular weight is 234 g/mol. The predicted molar refractivity (Wildman–Crippen MR) is 70.6 cm³/mol. The maximum absolute atomic E-state index is 5.78. The van der Waals surface area contributed by atoms with Crippen LogP contribution in [-0.2, 0) is 6.54 Å². The van der Waals surface area contributed by atoms with Gasteiger partial charge in [0.25, 0.3) is 0 Å². The molecule has 4 heteroatoms. The van der Waals surface area contributed by atoms with Crippen molar-refractivity contribution in [1.82, 2.24) is 14.8 Å². The van der Waals surface area contributed by atoms with Gasteiger partial charge in [-0.1, -0.05) is 0 Å². The van der Waals surface area contributed by atoms with Gasteiger partial charge in [0.1, 0.15) is 0 Å². The van der Waals surface area contributed by atoms with Crippen LogP contribution in [0.1, 0.15) is 19.0 Å². The fraction of sp³-hybridized carbons (Fsp3) is 0.615. The van der Waals surface area contributed by atoms with Crippen LogP contribution in [0.2, 0.25) is 0 Å². The Kier molecular flexibility index (Phi) is 3.97. The number of anilines is 1. The van der Waals surface area contributed by atoms with E-state index in [9.17, 15) is 0 Å². The molecular formula is C13H22N4. The van der Waals surface area contributed by atoms with Crippen molar-refractivity contribution in [3.63, 3.8) is 0 Å². The van der Waals surface area contributed by atoms with Gasteiger partial charge in [-0.05, 0) is 39.1 Å². The Morgan fingerprint density at radius 1 is 1.47 bits per heavy atom. The van der Waals surface area contributed by atoms with Gasteiger partial charge in [0.05, 0.1) is 5.69 Å². The van der Waals surface area contributed by atoms with Gasteiger partial charge in [-0.3, -0.25) is 9.88 Å². The van der Waals surface area contributed by atoms with Gasteiger partial charge >= 0.3 is 0 Å². The Labute approximate surface area is 103 Å². The van der Waals surface area contributed by atoms with Crippen LogP contribution in [0.3, 0.4) is 0 Å². The van der Waals surface area contributed by atoms with Crippen LogP contribution in [0, 0.1) is 0 Å². The summed E-state index contributed by atoms with van der Waals surface area (Å²) < 4.78 is 0. The van der Waals surface area contributed by atoms with E-state index in [4.69, 9.17) is 5.73 Å². The van der Waals surface area contributed by atoms with Crippen LogP contribution in [-0.4, -0.2) is 47.5 Å². The molecule has 0 radical (unpaired) electrons. The molecule has 2 rings (SSSR count). The number of likely N-dealkylation sites (N-methyl/N-ethyl adjacent to an activating group) is 1. The van der Waals surface area contributed by atoms with Crippen molar-refractivity contribution in [3.05, 3.63) is 24.0 Å². The van der Waals surface area contributed by atoms with Crippen LogP contribution in [0.5, 0.6) is 0 Å². The SMILES string of the molecule is CC1CN(C)CCCN1Cc1cc(N)ccn1. The number of pyridine rings is 1. The maximum Gasteiger partial charge on any atom is 0.0564 e. The molecule has 2 N–H and O–H groups in total. The lowest BCUT2D eigenvalue weighted by molar-refractivity contribution is 0.192. The summed E-state index contributed by atoms with van der Waals surface area (Å²) in [4.78, 5) is 9.27. The van der Waals surface area contributed by atoms with Crippen molar-refractivity contribution in [2.75, 3.05) is 32.4 Å². The van der Waals surface area contributed by atoms with Gasteiger partial charge in [0, 0.05) is 37.6 Å². The van der Waals surface area contributed by atoms with Gasteiger partial charge < -0.3 is 10.6 Å². The lowest BCUT2D eigenvalue weighted by Gasteiger charge is -2.27. The molecule has 0 spiro atoms. The van der Waals surface area contributed by atoms with E-state index in [0.29, 0.717) is 6.04 Å². The van der Waals surface area contributed by atoms with Crippen molar-refractivity contribution in [2.45, 2.75) is 25.9 Å². The van der Waals surface area contributed by atoms with Crippen molar-refractivity contribution >= 4 is 5.69 Å². The molecule has 1 unspecified atom stereocenters. The molecule has 1 aromatic heterocycles. The Hall–Kier alpha value is -1.13. The van der Waals surface area contributed by atoms with Gasteiger partial charge in [-0.25, -0.2) is 0 Å². The summed E-state index contributed by atoms with van der Waals surface area (Å²) in [5, 5.41) is 0. The maximum atomic E-state index is 5.78. The van der Waals surface area contributed by atoms with Crippen molar-refractivity contribution in [2.24, 2.45) is 0 Å². The normalized spacial score (nSPS) is 23.5. The Morgan fingerprint density at radius 2 is 2.29 bits per heavy atom. The Balaban J connectivity index is 2.02. The molecule has 0 bridgehead atoms. The molecule has 0 aliphatic carbocycles. The number of hydrogen-bond acceptors (Lipinski definition) is 4.